The van der Waals surface area contributed by atoms with E-state index in [1.165, 1.54) is 12.1 Å². The fraction of sp³-hybridized carbons (Fsp3) is 0.600. The van der Waals surface area contributed by atoms with E-state index in [1.54, 1.807) is 6.07 Å². The van der Waals surface area contributed by atoms with E-state index in [2.05, 4.69) is 0 Å². The van der Waals surface area contributed by atoms with Crippen molar-refractivity contribution in [3.05, 3.63) is 35.6 Å². The van der Waals surface area contributed by atoms with Crippen LogP contribution in [0.25, 0.3) is 0 Å². The third-order valence-corrected chi connectivity index (χ3v) is 4.34. The van der Waals surface area contributed by atoms with Crippen molar-refractivity contribution < 1.29 is 13.9 Å². The fourth-order valence-corrected chi connectivity index (χ4v) is 3.22. The van der Waals surface area contributed by atoms with Gasteiger partial charge in [0.1, 0.15) is 5.82 Å². The van der Waals surface area contributed by atoms with Gasteiger partial charge in [-0.3, -0.25) is 0 Å². The molecule has 1 aromatic rings. The fourth-order valence-electron chi connectivity index (χ4n) is 3.22. The van der Waals surface area contributed by atoms with Crippen LogP contribution in [-0.4, -0.2) is 25.4 Å². The first kappa shape index (κ1) is 13.0. The number of rotatable bonds is 2. The molecule has 4 heteroatoms. The zero-order chi connectivity index (χ0) is 13.3. The van der Waals surface area contributed by atoms with Crippen LogP contribution in [0.2, 0.25) is 0 Å². The molecule has 3 unspecified atom stereocenters. The van der Waals surface area contributed by atoms with Crippen molar-refractivity contribution in [3.63, 3.8) is 0 Å². The zero-order valence-corrected chi connectivity index (χ0v) is 11.0. The van der Waals surface area contributed by atoms with Crippen LogP contribution in [0, 0.1) is 11.7 Å². The first-order valence-corrected chi connectivity index (χ1v) is 6.91. The average Bonchev–Trinajstić information content (AvgIpc) is 2.86. The van der Waals surface area contributed by atoms with Gasteiger partial charge in [-0.2, -0.15) is 0 Å². The summed E-state index contributed by atoms with van der Waals surface area (Å²) in [6.45, 7) is 2.15. The first-order valence-electron chi connectivity index (χ1n) is 6.91. The first-order chi connectivity index (χ1) is 9.19. The molecule has 2 heterocycles. The quantitative estimate of drug-likeness (QED) is 0.893. The van der Waals surface area contributed by atoms with Gasteiger partial charge in [0.05, 0.1) is 12.2 Å². The molecule has 2 N–H and O–H groups in total. The molecular weight excluding hydrogens is 245 g/mol. The maximum absolute atomic E-state index is 13.3. The van der Waals surface area contributed by atoms with Gasteiger partial charge < -0.3 is 15.2 Å². The van der Waals surface area contributed by atoms with E-state index in [9.17, 15) is 4.39 Å². The predicted octanol–water partition coefficient (Wildman–Crippen LogP) is 2.41. The van der Waals surface area contributed by atoms with Crippen LogP contribution in [0.1, 0.15) is 30.9 Å². The van der Waals surface area contributed by atoms with Gasteiger partial charge in [0, 0.05) is 25.7 Å². The Bertz CT molecular complexity index is 446. The molecule has 3 nitrogen and oxygen atoms in total. The molecule has 0 aromatic heterocycles. The minimum Gasteiger partial charge on any atom is -0.378 e. The normalized spacial score (nSPS) is 32.6. The lowest BCUT2D eigenvalue weighted by atomic mass is 9.79. The number of hydrogen-bond acceptors (Lipinski definition) is 3. The molecule has 2 fully saturated rings. The smallest absolute Gasteiger partial charge is 0.123 e. The summed E-state index contributed by atoms with van der Waals surface area (Å²) in [5, 5.41) is 0. The highest BCUT2D eigenvalue weighted by atomic mass is 19.1. The second-order valence-electron chi connectivity index (χ2n) is 5.67. The molecule has 19 heavy (non-hydrogen) atoms. The lowest BCUT2D eigenvalue weighted by Gasteiger charge is -2.39. The Morgan fingerprint density at radius 2 is 2.26 bits per heavy atom. The number of benzene rings is 1. The van der Waals surface area contributed by atoms with Crippen molar-refractivity contribution in [1.29, 1.82) is 0 Å². The standard InChI is InChI=1S/C15H20FNO2/c16-13-3-1-2-11(8-13)14(17)12-4-6-19-15(9-12)5-7-18-10-15/h1-3,8,12,14H,4-7,9-10,17H2. The summed E-state index contributed by atoms with van der Waals surface area (Å²) in [5.41, 5.74) is 7.06. The Balaban J connectivity index is 1.74. The molecule has 0 bridgehead atoms. The van der Waals surface area contributed by atoms with Gasteiger partial charge in [-0.15, -0.1) is 0 Å². The van der Waals surface area contributed by atoms with Gasteiger partial charge in [0.2, 0.25) is 0 Å². The van der Waals surface area contributed by atoms with Crippen molar-refractivity contribution >= 4 is 0 Å². The van der Waals surface area contributed by atoms with Crippen LogP contribution in [0.5, 0.6) is 0 Å². The van der Waals surface area contributed by atoms with Crippen LogP contribution in [0.3, 0.4) is 0 Å². The van der Waals surface area contributed by atoms with Gasteiger partial charge in [-0.1, -0.05) is 12.1 Å². The molecule has 0 saturated carbocycles. The Labute approximate surface area is 112 Å². The summed E-state index contributed by atoms with van der Waals surface area (Å²) < 4.78 is 24.7. The zero-order valence-electron chi connectivity index (χ0n) is 11.0. The van der Waals surface area contributed by atoms with Gasteiger partial charge >= 0.3 is 0 Å². The van der Waals surface area contributed by atoms with E-state index < -0.39 is 0 Å². The molecule has 3 atom stereocenters. The van der Waals surface area contributed by atoms with Crippen molar-refractivity contribution in [3.8, 4) is 0 Å². The van der Waals surface area contributed by atoms with Crippen LogP contribution < -0.4 is 5.73 Å². The summed E-state index contributed by atoms with van der Waals surface area (Å²) in [4.78, 5) is 0. The van der Waals surface area contributed by atoms with Gasteiger partial charge in [-0.25, -0.2) is 4.39 Å². The molecule has 2 aliphatic rings. The summed E-state index contributed by atoms with van der Waals surface area (Å²) >= 11 is 0. The molecule has 104 valence electrons. The minimum atomic E-state index is -0.223. The number of hydrogen-bond donors (Lipinski definition) is 1. The predicted molar refractivity (Wildman–Crippen MR) is 70.2 cm³/mol. The molecule has 3 rings (SSSR count). The van der Waals surface area contributed by atoms with Crippen molar-refractivity contribution in [2.24, 2.45) is 11.7 Å². The van der Waals surface area contributed by atoms with E-state index in [4.69, 9.17) is 15.2 Å². The van der Waals surface area contributed by atoms with E-state index in [0.717, 1.165) is 38.0 Å². The lowest BCUT2D eigenvalue weighted by Crippen LogP contribution is -2.43. The molecule has 0 radical (unpaired) electrons. The molecule has 1 spiro atoms. The van der Waals surface area contributed by atoms with Crippen LogP contribution in [0.4, 0.5) is 4.39 Å². The van der Waals surface area contributed by atoms with E-state index in [-0.39, 0.29) is 17.5 Å². The Kier molecular flexibility index (Phi) is 3.56. The van der Waals surface area contributed by atoms with Crippen molar-refractivity contribution in [1.82, 2.24) is 0 Å². The largest absolute Gasteiger partial charge is 0.378 e. The Hall–Kier alpha value is -0.970. The van der Waals surface area contributed by atoms with E-state index in [1.807, 2.05) is 6.07 Å². The van der Waals surface area contributed by atoms with Crippen LogP contribution >= 0.6 is 0 Å². The molecule has 0 amide bonds. The summed E-state index contributed by atoms with van der Waals surface area (Å²) in [6, 6.07) is 6.49. The Morgan fingerprint density at radius 3 is 3.00 bits per heavy atom. The van der Waals surface area contributed by atoms with Gasteiger partial charge in [0.25, 0.3) is 0 Å². The van der Waals surface area contributed by atoms with Crippen molar-refractivity contribution in [2.75, 3.05) is 19.8 Å². The van der Waals surface area contributed by atoms with Crippen molar-refractivity contribution in [2.45, 2.75) is 30.9 Å². The molecule has 2 saturated heterocycles. The lowest BCUT2D eigenvalue weighted by molar-refractivity contribution is -0.101. The third-order valence-electron chi connectivity index (χ3n) is 4.34. The van der Waals surface area contributed by atoms with Crippen LogP contribution in [-0.2, 0) is 9.47 Å². The molecule has 2 aliphatic heterocycles. The highest BCUT2D eigenvalue weighted by Gasteiger charge is 2.42. The topological polar surface area (TPSA) is 44.5 Å². The second kappa shape index (κ2) is 5.19. The average molecular weight is 265 g/mol. The van der Waals surface area contributed by atoms with Crippen LogP contribution in [0.15, 0.2) is 24.3 Å². The second-order valence-corrected chi connectivity index (χ2v) is 5.67. The molecular formula is C15H20FNO2. The van der Waals surface area contributed by atoms with Gasteiger partial charge in [-0.05, 0) is 36.5 Å². The highest BCUT2D eigenvalue weighted by molar-refractivity contribution is 5.21. The van der Waals surface area contributed by atoms with E-state index in [0.29, 0.717) is 12.5 Å². The SMILES string of the molecule is NC(c1cccc(F)c1)C1CCOC2(CCOC2)C1. The minimum absolute atomic E-state index is 0.128. The summed E-state index contributed by atoms with van der Waals surface area (Å²) in [5.74, 6) is 0.108. The summed E-state index contributed by atoms with van der Waals surface area (Å²) in [7, 11) is 0. The highest BCUT2D eigenvalue weighted by Crippen LogP contribution is 2.40. The molecule has 0 aliphatic carbocycles. The third kappa shape index (κ3) is 2.66. The van der Waals surface area contributed by atoms with Gasteiger partial charge in [0.15, 0.2) is 0 Å². The number of nitrogens with two attached hydrogens (primary N) is 1. The van der Waals surface area contributed by atoms with E-state index >= 15 is 0 Å². The number of ether oxygens (including phenoxy) is 2. The molecule has 1 aromatic carbocycles. The maximum Gasteiger partial charge on any atom is 0.123 e. The Morgan fingerprint density at radius 1 is 1.37 bits per heavy atom. The monoisotopic (exact) mass is 265 g/mol. The maximum atomic E-state index is 13.3. The summed E-state index contributed by atoms with van der Waals surface area (Å²) in [6.07, 6.45) is 2.78. The number of halogens is 1.